The Bertz CT molecular complexity index is 34.7. The van der Waals surface area contributed by atoms with Crippen LogP contribution in [0, 0.1) is 0 Å². The molecule has 0 aliphatic carbocycles. The van der Waals surface area contributed by atoms with Crippen LogP contribution in [-0.2, 0) is 0 Å². The van der Waals surface area contributed by atoms with E-state index in [1.54, 1.807) is 0 Å². The van der Waals surface area contributed by atoms with Gasteiger partial charge in [0.2, 0.25) is 0 Å². The zero-order valence-electron chi connectivity index (χ0n) is 5.75. The fraction of sp³-hybridized carbons (Fsp3) is 1.00. The molecule has 0 fully saturated rings. The van der Waals surface area contributed by atoms with Crippen LogP contribution in [-0.4, -0.2) is 22.4 Å². The minimum absolute atomic E-state index is 0.769. The molecule has 0 heterocycles. The van der Waals surface area contributed by atoms with E-state index in [0.29, 0.717) is 0 Å². The van der Waals surface area contributed by atoms with Crippen molar-refractivity contribution in [1.29, 1.82) is 0 Å². The van der Waals surface area contributed by atoms with Gasteiger partial charge < -0.3 is 0 Å². The van der Waals surface area contributed by atoms with E-state index >= 15 is 0 Å². The second kappa shape index (κ2) is 16.9. The first-order valence-corrected chi connectivity index (χ1v) is 6.38. The maximum absolute atomic E-state index is 5.27. The predicted molar refractivity (Wildman–Crippen MR) is 58.3 cm³/mol. The average Bonchev–Trinajstić information content (AvgIpc) is 1.93. The molecule has 0 atom stereocenters. The molecule has 0 saturated carbocycles. The number of alkyl halides is 4. The van der Waals surface area contributed by atoms with Crippen LogP contribution in [0.1, 0.15) is 12.8 Å². The minimum atomic E-state index is 0.769. The second-order valence-electron chi connectivity index (χ2n) is 1.46. The van der Waals surface area contributed by atoms with Crippen molar-refractivity contribution in [3.05, 3.63) is 0 Å². The molecule has 0 amide bonds. The average molecular weight is 315 g/mol. The maximum atomic E-state index is 5.27. The molecule has 0 rings (SSSR count). The zero-order valence-corrected chi connectivity index (χ0v) is 10.4. The standard InChI is InChI=1S/2C3H6BrCl/c2*4-2-1-3-5/h2*1-3H2. The molecule has 0 nitrogen and oxygen atoms in total. The molecule has 4 heteroatoms. The Labute approximate surface area is 89.9 Å². The maximum Gasteiger partial charge on any atom is 0.0231 e. The summed E-state index contributed by atoms with van der Waals surface area (Å²) in [6, 6.07) is 0. The quantitative estimate of drug-likeness (QED) is 0.688. The van der Waals surface area contributed by atoms with E-state index in [0.717, 1.165) is 35.3 Å². The molecule has 0 unspecified atom stereocenters. The van der Waals surface area contributed by atoms with E-state index in [1.165, 1.54) is 0 Å². The molecule has 0 saturated heterocycles. The lowest BCUT2D eigenvalue weighted by Crippen LogP contribution is -1.70. The minimum Gasteiger partial charge on any atom is -0.127 e. The fourth-order valence-electron chi connectivity index (χ4n) is 0.101. The lowest BCUT2D eigenvalue weighted by atomic mass is 10.6. The summed E-state index contributed by atoms with van der Waals surface area (Å²) < 4.78 is 0. The van der Waals surface area contributed by atoms with Gasteiger partial charge in [-0.3, -0.25) is 0 Å². The van der Waals surface area contributed by atoms with Gasteiger partial charge in [-0.05, 0) is 12.8 Å². The van der Waals surface area contributed by atoms with Gasteiger partial charge in [-0.1, -0.05) is 31.9 Å². The largest absolute Gasteiger partial charge is 0.127 e. The highest BCUT2D eigenvalue weighted by Gasteiger charge is 1.72. The molecule has 10 heavy (non-hydrogen) atoms. The highest BCUT2D eigenvalue weighted by atomic mass is 79.9. The summed E-state index contributed by atoms with van der Waals surface area (Å²) in [4.78, 5) is 0. The monoisotopic (exact) mass is 312 g/mol. The van der Waals surface area contributed by atoms with E-state index in [9.17, 15) is 0 Å². The summed E-state index contributed by atoms with van der Waals surface area (Å²) in [7, 11) is 0. The SMILES string of the molecule is ClCCCBr.ClCCCBr. The molecule has 64 valence electrons. The molecular weight excluding hydrogens is 303 g/mol. The molecule has 0 aromatic heterocycles. The first-order valence-electron chi connectivity index (χ1n) is 3.07. The Morgan fingerprint density at radius 2 is 1.10 bits per heavy atom. The summed E-state index contributed by atoms with van der Waals surface area (Å²) in [5.41, 5.74) is 0. The Balaban J connectivity index is 0. The van der Waals surface area contributed by atoms with Crippen LogP contribution in [0.5, 0.6) is 0 Å². The van der Waals surface area contributed by atoms with E-state index in [-0.39, 0.29) is 0 Å². The van der Waals surface area contributed by atoms with Gasteiger partial charge in [0.15, 0.2) is 0 Å². The lowest BCUT2D eigenvalue weighted by molar-refractivity contribution is 1.13. The van der Waals surface area contributed by atoms with Crippen molar-refractivity contribution in [3.63, 3.8) is 0 Å². The highest BCUT2D eigenvalue weighted by molar-refractivity contribution is 9.09. The Hall–Kier alpha value is 1.54. The molecular formula is C6H12Br2Cl2. The van der Waals surface area contributed by atoms with Crippen molar-refractivity contribution in [3.8, 4) is 0 Å². The molecule has 0 aromatic carbocycles. The van der Waals surface area contributed by atoms with Gasteiger partial charge in [0, 0.05) is 22.4 Å². The number of hydrogen-bond donors (Lipinski definition) is 0. The normalized spacial score (nSPS) is 8.40. The van der Waals surface area contributed by atoms with Crippen molar-refractivity contribution in [1.82, 2.24) is 0 Å². The summed E-state index contributed by atoms with van der Waals surface area (Å²) in [6.07, 6.45) is 2.14. The van der Waals surface area contributed by atoms with Crippen LogP contribution in [0.2, 0.25) is 0 Å². The molecule has 0 bridgehead atoms. The van der Waals surface area contributed by atoms with Crippen LogP contribution in [0.15, 0.2) is 0 Å². The van der Waals surface area contributed by atoms with E-state index in [4.69, 9.17) is 23.2 Å². The van der Waals surface area contributed by atoms with Crippen LogP contribution in [0.4, 0.5) is 0 Å². The van der Waals surface area contributed by atoms with Crippen molar-refractivity contribution in [2.45, 2.75) is 12.8 Å². The predicted octanol–water partition coefficient (Wildman–Crippen LogP) is 4.02. The number of rotatable bonds is 4. The topological polar surface area (TPSA) is 0 Å². The summed E-state index contributed by atoms with van der Waals surface area (Å²) in [5.74, 6) is 1.54. The first-order chi connectivity index (χ1) is 4.83. The third kappa shape index (κ3) is 22.7. The van der Waals surface area contributed by atoms with Crippen LogP contribution >= 0.6 is 55.1 Å². The van der Waals surface area contributed by atoms with Crippen molar-refractivity contribution >= 4 is 55.1 Å². The van der Waals surface area contributed by atoms with Crippen molar-refractivity contribution < 1.29 is 0 Å². The number of hydrogen-bond acceptors (Lipinski definition) is 0. The smallest absolute Gasteiger partial charge is 0.0231 e. The fourth-order valence-corrected chi connectivity index (χ4v) is 1.57. The number of halogens is 4. The Morgan fingerprint density at radius 1 is 0.800 bits per heavy atom. The summed E-state index contributed by atoms with van der Waals surface area (Å²) in [6.45, 7) is 0. The molecule has 0 N–H and O–H groups in total. The molecule has 0 aromatic rings. The third-order valence-corrected chi connectivity index (χ3v) is 2.19. The van der Waals surface area contributed by atoms with Gasteiger partial charge in [0.1, 0.15) is 0 Å². The molecule has 0 radical (unpaired) electrons. The second-order valence-corrected chi connectivity index (χ2v) is 3.80. The van der Waals surface area contributed by atoms with Crippen molar-refractivity contribution in [2.24, 2.45) is 0 Å². The van der Waals surface area contributed by atoms with E-state index in [1.807, 2.05) is 0 Å². The van der Waals surface area contributed by atoms with Gasteiger partial charge in [0.05, 0.1) is 0 Å². The van der Waals surface area contributed by atoms with Gasteiger partial charge in [-0.2, -0.15) is 0 Å². The third-order valence-electron chi connectivity index (χ3n) is 0.535. The van der Waals surface area contributed by atoms with Crippen LogP contribution in [0.3, 0.4) is 0 Å². The van der Waals surface area contributed by atoms with Gasteiger partial charge in [-0.25, -0.2) is 0 Å². The Morgan fingerprint density at radius 3 is 1.10 bits per heavy atom. The first kappa shape index (κ1) is 14.1. The van der Waals surface area contributed by atoms with Crippen molar-refractivity contribution in [2.75, 3.05) is 22.4 Å². The van der Waals surface area contributed by atoms with Gasteiger partial charge in [0.25, 0.3) is 0 Å². The van der Waals surface area contributed by atoms with E-state index in [2.05, 4.69) is 31.9 Å². The molecule has 0 aliphatic rings. The van der Waals surface area contributed by atoms with Crippen LogP contribution in [0.25, 0.3) is 0 Å². The molecule has 0 spiro atoms. The summed E-state index contributed by atoms with van der Waals surface area (Å²) in [5, 5.41) is 2.05. The van der Waals surface area contributed by atoms with Gasteiger partial charge >= 0.3 is 0 Å². The zero-order chi connectivity index (χ0) is 8.24. The molecule has 0 aliphatic heterocycles. The van der Waals surface area contributed by atoms with Crippen LogP contribution < -0.4 is 0 Å². The summed E-state index contributed by atoms with van der Waals surface area (Å²) >= 11 is 17.0. The van der Waals surface area contributed by atoms with Gasteiger partial charge in [-0.15, -0.1) is 23.2 Å². The Kier molecular flexibility index (Phi) is 23.8. The van der Waals surface area contributed by atoms with E-state index < -0.39 is 0 Å². The highest BCUT2D eigenvalue weighted by Crippen LogP contribution is 1.88. The lowest BCUT2D eigenvalue weighted by Gasteiger charge is -1.75.